The molecule has 2 rings (SSSR count). The second kappa shape index (κ2) is 5.69. The predicted octanol–water partition coefficient (Wildman–Crippen LogP) is 2.59. The van der Waals surface area contributed by atoms with E-state index in [0.29, 0.717) is 0 Å². The van der Waals surface area contributed by atoms with Gasteiger partial charge < -0.3 is 15.7 Å². The second-order valence-corrected chi connectivity index (χ2v) is 4.55. The van der Waals surface area contributed by atoms with E-state index in [0.717, 1.165) is 31.7 Å². The number of halogens is 1. The number of nitrogens with one attached hydrogen (secondary N) is 2. The van der Waals surface area contributed by atoms with E-state index < -0.39 is 17.8 Å². The molecule has 0 heterocycles. The molecule has 0 bridgehead atoms. The van der Waals surface area contributed by atoms with E-state index in [9.17, 15) is 14.0 Å². The van der Waals surface area contributed by atoms with Crippen molar-refractivity contribution < 1.29 is 19.1 Å². The first-order valence-corrected chi connectivity index (χ1v) is 6.17. The van der Waals surface area contributed by atoms with Crippen molar-refractivity contribution in [3.63, 3.8) is 0 Å². The number of carboxylic acid groups (broad SMARTS) is 1. The average Bonchev–Trinajstić information content (AvgIpc) is 2.84. The fourth-order valence-electron chi connectivity index (χ4n) is 2.23. The van der Waals surface area contributed by atoms with E-state index in [2.05, 4.69) is 10.6 Å². The standard InChI is InChI=1S/C13H15FN2O3/c14-10-7-3-6-9(12(17)18)11(10)16-13(19)15-8-4-1-2-5-8/h3,6-8H,1-2,4-5H2,(H,17,18)(H2,15,16,19). The lowest BCUT2D eigenvalue weighted by atomic mass is 10.1. The normalized spacial score (nSPS) is 15.2. The van der Waals surface area contributed by atoms with Crippen LogP contribution in [0.2, 0.25) is 0 Å². The lowest BCUT2D eigenvalue weighted by Crippen LogP contribution is -2.36. The summed E-state index contributed by atoms with van der Waals surface area (Å²) in [5.41, 5.74) is -0.563. The minimum atomic E-state index is -1.28. The third kappa shape index (κ3) is 3.21. The van der Waals surface area contributed by atoms with E-state index in [1.807, 2.05) is 0 Å². The number of hydrogen-bond donors (Lipinski definition) is 3. The van der Waals surface area contributed by atoms with Gasteiger partial charge in [-0.1, -0.05) is 18.9 Å². The smallest absolute Gasteiger partial charge is 0.337 e. The number of aromatic carboxylic acids is 1. The molecule has 1 saturated carbocycles. The Morgan fingerprint density at radius 1 is 1.26 bits per heavy atom. The van der Waals surface area contributed by atoms with Crippen LogP contribution in [0.25, 0.3) is 0 Å². The van der Waals surface area contributed by atoms with Crippen LogP contribution in [0.1, 0.15) is 36.0 Å². The summed E-state index contributed by atoms with van der Waals surface area (Å²) in [7, 11) is 0. The van der Waals surface area contributed by atoms with Crippen LogP contribution in [0, 0.1) is 5.82 Å². The van der Waals surface area contributed by atoms with E-state index in [-0.39, 0.29) is 17.3 Å². The summed E-state index contributed by atoms with van der Waals surface area (Å²) >= 11 is 0. The Kier molecular flexibility index (Phi) is 3.99. The molecular formula is C13H15FN2O3. The summed E-state index contributed by atoms with van der Waals surface area (Å²) < 4.78 is 13.6. The first-order valence-electron chi connectivity index (χ1n) is 6.17. The molecule has 0 radical (unpaired) electrons. The van der Waals surface area contributed by atoms with Crippen LogP contribution >= 0.6 is 0 Å². The highest BCUT2D eigenvalue weighted by Crippen LogP contribution is 2.21. The Labute approximate surface area is 109 Å². The highest BCUT2D eigenvalue weighted by atomic mass is 19.1. The summed E-state index contributed by atoms with van der Waals surface area (Å²) in [6.45, 7) is 0. The minimum absolute atomic E-state index is 0.0834. The zero-order chi connectivity index (χ0) is 13.8. The molecule has 3 N–H and O–H groups in total. The number of amides is 2. The predicted molar refractivity (Wildman–Crippen MR) is 67.8 cm³/mol. The van der Waals surface area contributed by atoms with Gasteiger partial charge in [-0.05, 0) is 25.0 Å². The Bertz CT molecular complexity index is 499. The fraction of sp³-hybridized carbons (Fsp3) is 0.385. The molecule has 1 aromatic carbocycles. The van der Waals surface area contributed by atoms with Gasteiger partial charge in [0.25, 0.3) is 0 Å². The zero-order valence-electron chi connectivity index (χ0n) is 10.3. The molecule has 1 aromatic rings. The maximum absolute atomic E-state index is 13.6. The number of benzene rings is 1. The topological polar surface area (TPSA) is 78.4 Å². The highest BCUT2D eigenvalue weighted by Gasteiger charge is 2.20. The largest absolute Gasteiger partial charge is 0.478 e. The fourth-order valence-corrected chi connectivity index (χ4v) is 2.23. The van der Waals surface area contributed by atoms with Crippen LogP contribution < -0.4 is 10.6 Å². The van der Waals surface area contributed by atoms with Crippen molar-refractivity contribution in [1.29, 1.82) is 0 Å². The van der Waals surface area contributed by atoms with Crippen molar-refractivity contribution in [3.05, 3.63) is 29.6 Å². The molecule has 0 atom stereocenters. The number of carbonyl (C=O) groups is 2. The van der Waals surface area contributed by atoms with Crippen LogP contribution in [0.3, 0.4) is 0 Å². The van der Waals surface area contributed by atoms with E-state index >= 15 is 0 Å². The van der Waals surface area contributed by atoms with Gasteiger partial charge in [0.15, 0.2) is 0 Å². The van der Waals surface area contributed by atoms with Crippen molar-refractivity contribution in [2.75, 3.05) is 5.32 Å². The molecule has 1 aliphatic rings. The van der Waals surface area contributed by atoms with E-state index in [1.165, 1.54) is 12.1 Å². The van der Waals surface area contributed by atoms with Gasteiger partial charge in [0.1, 0.15) is 5.82 Å². The number of anilines is 1. The van der Waals surface area contributed by atoms with E-state index in [4.69, 9.17) is 5.11 Å². The number of urea groups is 1. The molecule has 0 saturated heterocycles. The van der Waals surface area contributed by atoms with Crippen LogP contribution in [0.5, 0.6) is 0 Å². The van der Waals surface area contributed by atoms with Gasteiger partial charge in [-0.15, -0.1) is 0 Å². The van der Waals surface area contributed by atoms with Crippen molar-refractivity contribution >= 4 is 17.7 Å². The SMILES string of the molecule is O=C(Nc1c(F)cccc1C(=O)O)NC1CCCC1. The van der Waals surface area contributed by atoms with Crippen LogP contribution in [-0.4, -0.2) is 23.1 Å². The van der Waals surface area contributed by atoms with Crippen molar-refractivity contribution in [1.82, 2.24) is 5.32 Å². The summed E-state index contributed by atoms with van der Waals surface area (Å²) in [5.74, 6) is -2.04. The first-order chi connectivity index (χ1) is 9.08. The molecule has 0 unspecified atom stereocenters. The monoisotopic (exact) mass is 266 g/mol. The van der Waals surface area contributed by atoms with Gasteiger partial charge in [0.05, 0.1) is 11.3 Å². The summed E-state index contributed by atoms with van der Waals surface area (Å²) in [6, 6.07) is 3.16. The zero-order valence-corrected chi connectivity index (χ0v) is 10.3. The molecule has 1 aliphatic carbocycles. The van der Waals surface area contributed by atoms with Gasteiger partial charge in [0, 0.05) is 6.04 Å². The van der Waals surface area contributed by atoms with Crippen LogP contribution in [0.15, 0.2) is 18.2 Å². The summed E-state index contributed by atoms with van der Waals surface area (Å²) in [4.78, 5) is 22.7. The molecule has 0 aromatic heterocycles. The Morgan fingerprint density at radius 3 is 2.58 bits per heavy atom. The molecule has 6 heteroatoms. The Hall–Kier alpha value is -2.11. The summed E-state index contributed by atoms with van der Waals surface area (Å²) in [6.07, 6.45) is 3.92. The molecule has 1 fully saturated rings. The first kappa shape index (κ1) is 13.3. The number of rotatable bonds is 3. The van der Waals surface area contributed by atoms with Gasteiger partial charge in [-0.25, -0.2) is 14.0 Å². The average molecular weight is 266 g/mol. The van der Waals surface area contributed by atoms with Crippen molar-refractivity contribution in [2.24, 2.45) is 0 Å². The van der Waals surface area contributed by atoms with Gasteiger partial charge in [-0.2, -0.15) is 0 Å². The second-order valence-electron chi connectivity index (χ2n) is 4.55. The number of hydrogen-bond acceptors (Lipinski definition) is 2. The molecule has 0 spiro atoms. The number of para-hydroxylation sites is 1. The van der Waals surface area contributed by atoms with Crippen molar-refractivity contribution in [2.45, 2.75) is 31.7 Å². The van der Waals surface area contributed by atoms with Crippen molar-refractivity contribution in [3.8, 4) is 0 Å². The number of carboxylic acids is 1. The number of carbonyl (C=O) groups excluding carboxylic acids is 1. The third-order valence-corrected chi connectivity index (χ3v) is 3.17. The van der Waals surface area contributed by atoms with Gasteiger partial charge in [0.2, 0.25) is 0 Å². The Balaban J connectivity index is 2.09. The third-order valence-electron chi connectivity index (χ3n) is 3.17. The molecule has 0 aliphatic heterocycles. The molecule has 2 amide bonds. The maximum atomic E-state index is 13.6. The molecule has 19 heavy (non-hydrogen) atoms. The quantitative estimate of drug-likeness (QED) is 0.786. The minimum Gasteiger partial charge on any atom is -0.478 e. The van der Waals surface area contributed by atoms with Crippen LogP contribution in [0.4, 0.5) is 14.9 Å². The molecule has 102 valence electrons. The van der Waals surface area contributed by atoms with E-state index in [1.54, 1.807) is 0 Å². The maximum Gasteiger partial charge on any atom is 0.337 e. The lowest BCUT2D eigenvalue weighted by Gasteiger charge is -2.14. The molecule has 5 nitrogen and oxygen atoms in total. The molecular weight excluding hydrogens is 251 g/mol. The van der Waals surface area contributed by atoms with Gasteiger partial charge in [-0.3, -0.25) is 0 Å². The highest BCUT2D eigenvalue weighted by molar-refractivity contribution is 6.00. The van der Waals surface area contributed by atoms with Gasteiger partial charge >= 0.3 is 12.0 Å². The summed E-state index contributed by atoms with van der Waals surface area (Å²) in [5, 5.41) is 13.9. The lowest BCUT2D eigenvalue weighted by molar-refractivity contribution is 0.0697. The Morgan fingerprint density at radius 2 is 1.95 bits per heavy atom. The van der Waals surface area contributed by atoms with Crippen LogP contribution in [-0.2, 0) is 0 Å².